The van der Waals surface area contributed by atoms with Gasteiger partial charge in [0.05, 0.1) is 25.4 Å². The molecule has 0 bridgehead atoms. The maximum atomic E-state index is 14.4. The maximum absolute atomic E-state index is 14.4. The molecule has 1 aromatic carbocycles. The summed E-state index contributed by atoms with van der Waals surface area (Å²) in [6, 6.07) is 5.24. The second-order valence-electron chi connectivity index (χ2n) is 5.76. The Bertz CT molecular complexity index is 508. The molecular weight excluding hydrogens is 347 g/mol. The number of carbonyl (C=O) groups excluding carboxylic acids is 1. The van der Waals surface area contributed by atoms with Crippen LogP contribution in [0.5, 0.6) is 0 Å². The quantitative estimate of drug-likeness (QED) is 0.618. The van der Waals surface area contributed by atoms with Crippen molar-refractivity contribution in [2.45, 2.75) is 53.6 Å². The summed E-state index contributed by atoms with van der Waals surface area (Å²) in [5, 5.41) is 0. The lowest BCUT2D eigenvalue weighted by molar-refractivity contribution is -0.133. The molecule has 0 aliphatic carbocycles. The molecule has 1 fully saturated rings. The van der Waals surface area contributed by atoms with E-state index in [4.69, 9.17) is 9.47 Å². The third kappa shape index (κ3) is 8.61. The summed E-state index contributed by atoms with van der Waals surface area (Å²) in [6.07, 6.45) is 1.54. The minimum absolute atomic E-state index is 0.176. The largest absolute Gasteiger partial charge is 0.463 e. The van der Waals surface area contributed by atoms with Gasteiger partial charge in [-0.15, -0.1) is 0 Å². The van der Waals surface area contributed by atoms with Crippen molar-refractivity contribution in [3.8, 4) is 0 Å². The fraction of sp³-hybridized carbons (Fsp3) is 0.667. The van der Waals surface area contributed by atoms with Gasteiger partial charge in [-0.05, 0) is 24.6 Å². The molecule has 1 saturated heterocycles. The zero-order valence-corrected chi connectivity index (χ0v) is 17.8. The van der Waals surface area contributed by atoms with Crippen LogP contribution in [-0.2, 0) is 14.3 Å². The fourth-order valence-corrected chi connectivity index (χ4v) is 2.81. The number of nitrogens with zero attached hydrogens (tertiary/aromatic N) is 2. The van der Waals surface area contributed by atoms with Gasteiger partial charge >= 0.3 is 0 Å². The second kappa shape index (κ2) is 15.3. The third-order valence-electron chi connectivity index (χ3n) is 4.06. The Balaban J connectivity index is 0.00000158. The number of anilines is 2. The SMILES string of the molecule is CC.CC.CCCC(CN(C)c1ccc(N2CCOCC2)c(F)c1)OC=O. The molecule has 6 heteroatoms. The summed E-state index contributed by atoms with van der Waals surface area (Å²) in [6.45, 7) is 13.7. The Hall–Kier alpha value is -1.82. The molecule has 1 aliphatic rings. The van der Waals surface area contributed by atoms with Gasteiger partial charge in [-0.3, -0.25) is 4.79 Å². The number of carbonyl (C=O) groups is 1. The first kappa shape index (κ1) is 25.2. The zero-order valence-electron chi connectivity index (χ0n) is 17.8. The van der Waals surface area contributed by atoms with Crippen LogP contribution < -0.4 is 9.80 Å². The molecule has 0 aromatic heterocycles. The van der Waals surface area contributed by atoms with E-state index >= 15 is 0 Å². The molecule has 1 unspecified atom stereocenters. The van der Waals surface area contributed by atoms with E-state index in [2.05, 4.69) is 0 Å². The fourth-order valence-electron chi connectivity index (χ4n) is 2.81. The lowest BCUT2D eigenvalue weighted by Crippen LogP contribution is -2.36. The van der Waals surface area contributed by atoms with Crippen LogP contribution >= 0.6 is 0 Å². The van der Waals surface area contributed by atoms with Crippen LogP contribution in [0.1, 0.15) is 47.5 Å². The standard InChI is InChI=1S/C17H25FN2O3.2C2H6/c1-3-4-15(23-13-21)12-19(2)14-5-6-17(16(18)11-14)20-7-9-22-10-8-20;2*1-2/h5-6,11,13,15H,3-4,7-10,12H2,1-2H3;2*1-2H3. The van der Waals surface area contributed by atoms with Gasteiger partial charge < -0.3 is 19.3 Å². The highest BCUT2D eigenvalue weighted by atomic mass is 19.1. The van der Waals surface area contributed by atoms with E-state index in [1.54, 1.807) is 0 Å². The molecule has 0 radical (unpaired) electrons. The molecule has 5 nitrogen and oxygen atoms in total. The smallest absolute Gasteiger partial charge is 0.293 e. The first-order valence-electron chi connectivity index (χ1n) is 10.1. The number of benzene rings is 1. The van der Waals surface area contributed by atoms with Gasteiger partial charge in [-0.25, -0.2) is 4.39 Å². The Morgan fingerprint density at radius 1 is 1.26 bits per heavy atom. The Morgan fingerprint density at radius 2 is 1.89 bits per heavy atom. The van der Waals surface area contributed by atoms with Gasteiger partial charge in [0.15, 0.2) is 0 Å². The van der Waals surface area contributed by atoms with Gasteiger partial charge in [0.25, 0.3) is 6.47 Å². The molecular formula is C21H37FN2O3. The molecule has 1 heterocycles. The van der Waals surface area contributed by atoms with E-state index in [1.165, 1.54) is 6.07 Å². The molecule has 156 valence electrons. The molecule has 1 atom stereocenters. The van der Waals surface area contributed by atoms with Crippen LogP contribution in [0.2, 0.25) is 0 Å². The van der Waals surface area contributed by atoms with E-state index in [1.807, 2.05) is 63.6 Å². The van der Waals surface area contributed by atoms with Crippen molar-refractivity contribution in [1.82, 2.24) is 0 Å². The van der Waals surface area contributed by atoms with Crippen molar-refractivity contribution in [3.63, 3.8) is 0 Å². The Labute approximate surface area is 164 Å². The summed E-state index contributed by atoms with van der Waals surface area (Å²) in [5.41, 5.74) is 1.38. The van der Waals surface area contributed by atoms with E-state index < -0.39 is 0 Å². The molecule has 0 amide bonds. The average Bonchev–Trinajstić information content (AvgIpc) is 2.72. The van der Waals surface area contributed by atoms with Crippen LogP contribution in [0, 0.1) is 5.82 Å². The van der Waals surface area contributed by atoms with Crippen LogP contribution in [0.25, 0.3) is 0 Å². The normalized spacial score (nSPS) is 14.1. The van der Waals surface area contributed by atoms with Crippen molar-refractivity contribution in [3.05, 3.63) is 24.0 Å². The molecule has 1 aromatic rings. The van der Waals surface area contributed by atoms with Gasteiger partial charge in [0.2, 0.25) is 0 Å². The van der Waals surface area contributed by atoms with Crippen LogP contribution in [0.4, 0.5) is 15.8 Å². The predicted molar refractivity (Wildman–Crippen MR) is 111 cm³/mol. The number of halogens is 1. The minimum atomic E-state index is -0.236. The number of ether oxygens (including phenoxy) is 2. The second-order valence-corrected chi connectivity index (χ2v) is 5.76. The van der Waals surface area contributed by atoms with Crippen LogP contribution in [0.3, 0.4) is 0 Å². The highest BCUT2D eigenvalue weighted by Crippen LogP contribution is 2.25. The number of rotatable bonds is 8. The first-order chi connectivity index (χ1) is 13.2. The van der Waals surface area contributed by atoms with Crippen LogP contribution in [-0.4, -0.2) is 52.5 Å². The zero-order chi connectivity index (χ0) is 20.7. The monoisotopic (exact) mass is 384 g/mol. The predicted octanol–water partition coefficient (Wildman–Crippen LogP) is 4.49. The molecule has 1 aliphatic heterocycles. The molecule has 0 spiro atoms. The minimum Gasteiger partial charge on any atom is -0.463 e. The number of likely N-dealkylation sites (N-methyl/N-ethyl adjacent to an activating group) is 1. The Morgan fingerprint density at radius 3 is 2.41 bits per heavy atom. The number of hydrogen-bond donors (Lipinski definition) is 0. The van der Waals surface area contributed by atoms with E-state index in [9.17, 15) is 9.18 Å². The van der Waals surface area contributed by atoms with Gasteiger partial charge in [0, 0.05) is 25.8 Å². The lowest BCUT2D eigenvalue weighted by Gasteiger charge is -2.30. The van der Waals surface area contributed by atoms with Crippen molar-refractivity contribution < 1.29 is 18.7 Å². The van der Waals surface area contributed by atoms with Crippen molar-refractivity contribution >= 4 is 17.8 Å². The average molecular weight is 385 g/mol. The van der Waals surface area contributed by atoms with Gasteiger partial charge in [0.1, 0.15) is 11.9 Å². The molecule has 27 heavy (non-hydrogen) atoms. The number of morpholine rings is 1. The van der Waals surface area contributed by atoms with Crippen molar-refractivity contribution in [2.24, 2.45) is 0 Å². The van der Waals surface area contributed by atoms with Crippen molar-refractivity contribution in [1.29, 1.82) is 0 Å². The highest BCUT2D eigenvalue weighted by Gasteiger charge is 2.17. The molecule has 0 saturated carbocycles. The topological polar surface area (TPSA) is 42.0 Å². The third-order valence-corrected chi connectivity index (χ3v) is 4.06. The molecule has 0 N–H and O–H groups in total. The summed E-state index contributed by atoms with van der Waals surface area (Å²) in [7, 11) is 1.88. The summed E-state index contributed by atoms with van der Waals surface area (Å²) >= 11 is 0. The lowest BCUT2D eigenvalue weighted by atomic mass is 10.1. The van der Waals surface area contributed by atoms with Gasteiger partial charge in [-0.1, -0.05) is 41.0 Å². The van der Waals surface area contributed by atoms with Gasteiger partial charge in [-0.2, -0.15) is 0 Å². The summed E-state index contributed by atoms with van der Waals surface area (Å²) in [4.78, 5) is 14.5. The summed E-state index contributed by atoms with van der Waals surface area (Å²) < 4.78 is 24.8. The first-order valence-corrected chi connectivity index (χ1v) is 10.1. The Kier molecular flexibility index (Phi) is 14.2. The van der Waals surface area contributed by atoms with E-state index in [0.29, 0.717) is 45.0 Å². The highest BCUT2D eigenvalue weighted by molar-refractivity contribution is 5.57. The van der Waals surface area contributed by atoms with E-state index in [-0.39, 0.29) is 11.9 Å². The summed E-state index contributed by atoms with van der Waals surface area (Å²) in [5.74, 6) is -0.236. The molecule has 2 rings (SSSR count). The maximum Gasteiger partial charge on any atom is 0.293 e. The van der Waals surface area contributed by atoms with Crippen molar-refractivity contribution in [2.75, 3.05) is 49.7 Å². The van der Waals surface area contributed by atoms with E-state index in [0.717, 1.165) is 18.5 Å². The number of hydrogen-bond acceptors (Lipinski definition) is 5. The van der Waals surface area contributed by atoms with Crippen LogP contribution in [0.15, 0.2) is 18.2 Å².